The predicted octanol–water partition coefficient (Wildman–Crippen LogP) is 0.0638. The van der Waals surface area contributed by atoms with E-state index >= 15 is 0 Å². The van der Waals surface area contributed by atoms with Crippen LogP contribution in [0.3, 0.4) is 0 Å². The molecule has 0 spiro atoms. The maximum absolute atomic E-state index is 12.7. The van der Waals surface area contributed by atoms with E-state index in [1.807, 2.05) is 13.8 Å². The van der Waals surface area contributed by atoms with Crippen molar-refractivity contribution in [1.29, 1.82) is 0 Å². The highest BCUT2D eigenvalue weighted by atomic mass is 16.2. The van der Waals surface area contributed by atoms with Gasteiger partial charge in [-0.05, 0) is 39.3 Å². The normalized spacial score (nSPS) is 16.8. The molecule has 4 N–H and O–H groups in total. The molecule has 3 unspecified atom stereocenters. The largest absolute Gasteiger partial charge is 0.326 e. The summed E-state index contributed by atoms with van der Waals surface area (Å²) in [4.78, 5) is 49.6. The van der Waals surface area contributed by atoms with E-state index in [-0.39, 0.29) is 11.8 Å². The van der Waals surface area contributed by atoms with Crippen LogP contribution in [0.25, 0.3) is 0 Å². The third kappa shape index (κ3) is 6.28. The maximum Gasteiger partial charge on any atom is 0.321 e. The fraction of sp³-hybridized carbons (Fsp3) is 0.778. The van der Waals surface area contributed by atoms with Gasteiger partial charge in [-0.15, -0.1) is 0 Å². The first-order valence-corrected chi connectivity index (χ1v) is 9.09. The van der Waals surface area contributed by atoms with Crippen molar-refractivity contribution < 1.29 is 19.2 Å². The second kappa shape index (κ2) is 10.4. The molecule has 0 saturated carbocycles. The quantitative estimate of drug-likeness (QED) is 0.295. The van der Waals surface area contributed by atoms with Crippen LogP contribution in [0.15, 0.2) is 0 Å². The Hall–Kier alpha value is -2.00. The van der Waals surface area contributed by atoms with Crippen molar-refractivity contribution in [3.05, 3.63) is 0 Å². The van der Waals surface area contributed by atoms with E-state index in [0.717, 1.165) is 0 Å². The van der Waals surface area contributed by atoms with Gasteiger partial charge < -0.3 is 20.9 Å². The summed E-state index contributed by atoms with van der Waals surface area (Å²) < 4.78 is 0. The first-order chi connectivity index (χ1) is 12.4. The number of hydrogen-bond donors (Lipinski definition) is 4. The summed E-state index contributed by atoms with van der Waals surface area (Å²) in [6, 6.07) is -1.18. The minimum atomic E-state index is -1.62. The third-order valence-electron chi connectivity index (χ3n) is 4.68. The predicted molar refractivity (Wildman–Crippen MR) is 104 cm³/mol. The average Bonchev–Trinajstić information content (AvgIpc) is 2.60. The fourth-order valence-electron chi connectivity index (χ4n) is 2.85. The molecule has 0 fully saturated rings. The first-order valence-electron chi connectivity index (χ1n) is 9.09. The number of hydrogen-bond acceptors (Lipinski definition) is 6. The lowest BCUT2D eigenvalue weighted by Gasteiger charge is -2.41. The number of nitrogens with one attached hydrogen (secondary N) is 4. The number of nitrogens with zero attached hydrogens (tertiary/aromatic N) is 1. The summed E-state index contributed by atoms with van der Waals surface area (Å²) in [5.41, 5.74) is -2.86. The number of aldehydes is 2. The molecule has 0 heterocycles. The van der Waals surface area contributed by atoms with Gasteiger partial charge in [-0.2, -0.15) is 0 Å². The van der Waals surface area contributed by atoms with Crippen molar-refractivity contribution in [2.24, 2.45) is 11.8 Å². The molecule has 0 saturated heterocycles. The maximum atomic E-state index is 12.7. The number of carbonyl (C=O) groups is 4. The van der Waals surface area contributed by atoms with Crippen molar-refractivity contribution in [3.63, 3.8) is 0 Å². The van der Waals surface area contributed by atoms with Crippen molar-refractivity contribution in [2.75, 3.05) is 21.1 Å². The van der Waals surface area contributed by atoms with Crippen LogP contribution in [0.4, 0.5) is 4.79 Å². The molecule has 0 aromatic rings. The summed E-state index contributed by atoms with van der Waals surface area (Å²) in [6.07, 6.45) is 1.68. The van der Waals surface area contributed by atoms with E-state index in [1.165, 1.54) is 18.9 Å². The zero-order valence-corrected chi connectivity index (χ0v) is 17.7. The van der Waals surface area contributed by atoms with Crippen LogP contribution in [-0.2, 0) is 14.4 Å². The van der Waals surface area contributed by atoms with Crippen molar-refractivity contribution >= 4 is 24.5 Å². The van der Waals surface area contributed by atoms with Crippen LogP contribution >= 0.6 is 0 Å². The standard InChI is InChI=1S/C18H35N5O4/c1-12(2)9-14(19-6)15(26)21-17(5,10-24)22-16(27)23(8)18(11-25,20-7)13(3)4/h10-14,19-20H,9H2,1-8H3,(H,21,26)(H,22,27). The van der Waals surface area contributed by atoms with E-state index in [4.69, 9.17) is 0 Å². The molecule has 0 bridgehead atoms. The SMILES string of the molecule is CNC(CC(C)C)C(=O)NC(C)(C=O)NC(=O)N(C)C(C=O)(NC)C(C)C. The summed E-state index contributed by atoms with van der Waals surface area (Å²) in [6.45, 7) is 8.94. The molecule has 0 rings (SSSR count). The zero-order valence-electron chi connectivity index (χ0n) is 17.7. The molecule has 9 nitrogen and oxygen atoms in total. The summed E-state index contributed by atoms with van der Waals surface area (Å²) in [5, 5.41) is 10.8. The number of likely N-dealkylation sites (N-methyl/N-ethyl adjacent to an activating group) is 3. The molecule has 156 valence electrons. The Kier molecular flexibility index (Phi) is 9.60. The van der Waals surface area contributed by atoms with Gasteiger partial charge in [0.05, 0.1) is 6.04 Å². The molecule has 0 aliphatic rings. The molecular weight excluding hydrogens is 350 g/mol. The van der Waals surface area contributed by atoms with Crippen LogP contribution in [-0.4, -0.2) is 67.9 Å². The smallest absolute Gasteiger partial charge is 0.321 e. The number of carbonyl (C=O) groups excluding carboxylic acids is 4. The van der Waals surface area contributed by atoms with Gasteiger partial charge >= 0.3 is 6.03 Å². The molecule has 3 amide bonds. The minimum Gasteiger partial charge on any atom is -0.326 e. The van der Waals surface area contributed by atoms with E-state index in [0.29, 0.717) is 19.0 Å². The van der Waals surface area contributed by atoms with Crippen molar-refractivity contribution in [2.45, 2.75) is 58.4 Å². The molecular formula is C18H35N5O4. The van der Waals surface area contributed by atoms with Gasteiger partial charge in [-0.1, -0.05) is 27.7 Å². The highest BCUT2D eigenvalue weighted by molar-refractivity contribution is 5.89. The van der Waals surface area contributed by atoms with Crippen molar-refractivity contribution in [1.82, 2.24) is 26.2 Å². The fourth-order valence-corrected chi connectivity index (χ4v) is 2.85. The van der Waals surface area contributed by atoms with E-state index in [9.17, 15) is 19.2 Å². The number of rotatable bonds is 11. The Labute approximate surface area is 162 Å². The first kappa shape index (κ1) is 25.0. The van der Waals surface area contributed by atoms with Gasteiger partial charge in [0.15, 0.2) is 23.9 Å². The summed E-state index contributed by atoms with van der Waals surface area (Å²) >= 11 is 0. The monoisotopic (exact) mass is 385 g/mol. The topological polar surface area (TPSA) is 120 Å². The minimum absolute atomic E-state index is 0.229. The lowest BCUT2D eigenvalue weighted by Crippen LogP contribution is -2.69. The molecule has 27 heavy (non-hydrogen) atoms. The summed E-state index contributed by atoms with van der Waals surface area (Å²) in [5.74, 6) is -0.360. The molecule has 0 aliphatic heterocycles. The molecule has 9 heteroatoms. The second-order valence-electron chi connectivity index (χ2n) is 7.62. The van der Waals surface area contributed by atoms with Crippen LogP contribution < -0.4 is 21.3 Å². The van der Waals surface area contributed by atoms with Crippen LogP contribution in [0.2, 0.25) is 0 Å². The highest BCUT2D eigenvalue weighted by Crippen LogP contribution is 2.19. The molecule has 0 radical (unpaired) electrons. The molecule has 0 aromatic heterocycles. The van der Waals surface area contributed by atoms with Gasteiger partial charge in [0.1, 0.15) is 0 Å². The number of amides is 3. The van der Waals surface area contributed by atoms with Gasteiger partial charge in [0, 0.05) is 7.05 Å². The number of urea groups is 1. The van der Waals surface area contributed by atoms with Gasteiger partial charge in [-0.25, -0.2) is 4.79 Å². The van der Waals surface area contributed by atoms with E-state index in [2.05, 4.69) is 21.3 Å². The second-order valence-corrected chi connectivity index (χ2v) is 7.62. The Morgan fingerprint density at radius 3 is 1.93 bits per heavy atom. The van der Waals surface area contributed by atoms with Crippen LogP contribution in [0, 0.1) is 11.8 Å². The Bertz CT molecular complexity index is 540. The lowest BCUT2D eigenvalue weighted by atomic mass is 9.96. The van der Waals surface area contributed by atoms with Crippen molar-refractivity contribution in [3.8, 4) is 0 Å². The lowest BCUT2D eigenvalue weighted by molar-refractivity contribution is -0.129. The molecule has 0 aromatic carbocycles. The van der Waals surface area contributed by atoms with Gasteiger partial charge in [0.25, 0.3) is 0 Å². The van der Waals surface area contributed by atoms with E-state index < -0.39 is 29.3 Å². The van der Waals surface area contributed by atoms with E-state index in [1.54, 1.807) is 27.9 Å². The van der Waals surface area contributed by atoms with Crippen LogP contribution in [0.1, 0.15) is 41.0 Å². The average molecular weight is 386 g/mol. The third-order valence-corrected chi connectivity index (χ3v) is 4.68. The Morgan fingerprint density at radius 2 is 1.59 bits per heavy atom. The Morgan fingerprint density at radius 1 is 1.04 bits per heavy atom. The molecule has 0 aliphatic carbocycles. The van der Waals surface area contributed by atoms with Crippen LogP contribution in [0.5, 0.6) is 0 Å². The Balaban J connectivity index is 5.38. The molecule has 3 atom stereocenters. The summed E-state index contributed by atoms with van der Waals surface area (Å²) in [7, 11) is 4.68. The van der Waals surface area contributed by atoms with Gasteiger partial charge in [-0.3, -0.25) is 19.7 Å². The highest BCUT2D eigenvalue weighted by Gasteiger charge is 2.41. The van der Waals surface area contributed by atoms with Gasteiger partial charge in [0.2, 0.25) is 5.91 Å². The zero-order chi connectivity index (χ0) is 21.4.